The summed E-state index contributed by atoms with van der Waals surface area (Å²) in [5.41, 5.74) is 0. The van der Waals surface area contributed by atoms with E-state index in [1.165, 1.54) is 0 Å². The van der Waals surface area contributed by atoms with Crippen LogP contribution in [0.15, 0.2) is 0 Å². The van der Waals surface area contributed by atoms with E-state index in [2.05, 4.69) is 9.47 Å². The molecule has 0 saturated carbocycles. The Balaban J connectivity index is 3.53. The highest BCUT2D eigenvalue weighted by Crippen LogP contribution is 2.03. The molecule has 0 spiro atoms. The highest BCUT2D eigenvalue weighted by atomic mass is 35.5. The van der Waals surface area contributed by atoms with E-state index >= 15 is 0 Å². The molecule has 0 fully saturated rings. The zero-order valence-corrected chi connectivity index (χ0v) is 10.2. The summed E-state index contributed by atoms with van der Waals surface area (Å²) in [6.45, 7) is 2.96. The van der Waals surface area contributed by atoms with Crippen LogP contribution in [0.2, 0.25) is 0 Å². The lowest BCUT2D eigenvalue weighted by molar-refractivity contribution is -0.167. The van der Waals surface area contributed by atoms with E-state index in [1.807, 2.05) is 0 Å². The molecule has 0 aromatic carbocycles. The molecule has 0 bridgehead atoms. The van der Waals surface area contributed by atoms with E-state index in [9.17, 15) is 9.59 Å². The molecule has 0 heterocycles. The second-order valence-electron chi connectivity index (χ2n) is 3.12. The molecule has 0 N–H and O–H groups in total. The van der Waals surface area contributed by atoms with Crippen LogP contribution >= 0.6 is 23.2 Å². The molecule has 88 valence electrons. The van der Waals surface area contributed by atoms with Crippen molar-refractivity contribution in [2.24, 2.45) is 0 Å². The van der Waals surface area contributed by atoms with Gasteiger partial charge in [-0.1, -0.05) is 0 Å². The summed E-state index contributed by atoms with van der Waals surface area (Å²) in [5.74, 6) is -0.992. The summed E-state index contributed by atoms with van der Waals surface area (Å²) in [5, 5.41) is -0.591. The number of esters is 2. The Bertz CT molecular complexity index is 194. The molecular weight excluding hydrogens is 243 g/mol. The second-order valence-corrected chi connectivity index (χ2v) is 4.61. The number of carbonyl (C=O) groups excluding carboxylic acids is 2. The molecule has 15 heavy (non-hydrogen) atoms. The van der Waals surface area contributed by atoms with Crippen molar-refractivity contribution in [3.63, 3.8) is 0 Å². The van der Waals surface area contributed by atoms with Gasteiger partial charge >= 0.3 is 11.9 Å². The fourth-order valence-electron chi connectivity index (χ4n) is 0.738. The molecule has 0 rings (SSSR count). The summed E-state index contributed by atoms with van der Waals surface area (Å²) < 4.78 is 9.19. The van der Waals surface area contributed by atoms with Gasteiger partial charge in [0.2, 0.25) is 6.79 Å². The standard InChI is InChI=1S/C9H14Cl2O4/c1-6(10)3-8(12)14-5-15-9(13)4-7(2)11/h6-7H,3-5H2,1-2H3. The van der Waals surface area contributed by atoms with Crippen molar-refractivity contribution in [2.45, 2.75) is 37.4 Å². The smallest absolute Gasteiger partial charge is 0.310 e. The van der Waals surface area contributed by atoms with Crippen LogP contribution in [0.3, 0.4) is 0 Å². The SMILES string of the molecule is CC(Cl)CC(=O)OCOC(=O)CC(C)Cl. The van der Waals surface area contributed by atoms with Crippen molar-refractivity contribution < 1.29 is 19.1 Å². The van der Waals surface area contributed by atoms with Gasteiger partial charge in [-0.05, 0) is 13.8 Å². The molecule has 0 aliphatic carbocycles. The topological polar surface area (TPSA) is 52.6 Å². The van der Waals surface area contributed by atoms with Gasteiger partial charge in [-0.15, -0.1) is 23.2 Å². The lowest BCUT2D eigenvalue weighted by Crippen LogP contribution is -2.16. The normalized spacial score (nSPS) is 14.1. The number of ether oxygens (including phenoxy) is 2. The first-order valence-corrected chi connectivity index (χ1v) is 5.38. The van der Waals surface area contributed by atoms with Crippen LogP contribution in [0.1, 0.15) is 26.7 Å². The van der Waals surface area contributed by atoms with Crippen LogP contribution in [0, 0.1) is 0 Å². The summed E-state index contributed by atoms with van der Waals surface area (Å²) in [7, 11) is 0. The van der Waals surface area contributed by atoms with Crippen molar-refractivity contribution in [3.8, 4) is 0 Å². The van der Waals surface area contributed by atoms with Crippen LogP contribution in [0.4, 0.5) is 0 Å². The maximum Gasteiger partial charge on any atom is 0.310 e. The Labute approximate surface area is 98.8 Å². The molecule has 2 atom stereocenters. The van der Waals surface area contributed by atoms with Gasteiger partial charge < -0.3 is 9.47 Å². The van der Waals surface area contributed by atoms with Gasteiger partial charge in [0.15, 0.2) is 0 Å². The van der Waals surface area contributed by atoms with Crippen molar-refractivity contribution in [3.05, 3.63) is 0 Å². The number of halogens is 2. The fraction of sp³-hybridized carbons (Fsp3) is 0.778. The minimum atomic E-state index is -0.496. The first-order chi connectivity index (χ1) is 6.91. The Kier molecular flexibility index (Phi) is 7.52. The summed E-state index contributed by atoms with van der Waals surface area (Å²) in [6, 6.07) is 0. The number of hydrogen-bond donors (Lipinski definition) is 0. The molecule has 4 nitrogen and oxygen atoms in total. The molecule has 0 aliphatic heterocycles. The zero-order valence-electron chi connectivity index (χ0n) is 8.66. The van der Waals surface area contributed by atoms with Gasteiger partial charge in [0.1, 0.15) is 0 Å². The van der Waals surface area contributed by atoms with Gasteiger partial charge in [0, 0.05) is 10.8 Å². The largest absolute Gasteiger partial charge is 0.428 e. The van der Waals surface area contributed by atoms with Crippen molar-refractivity contribution in [1.29, 1.82) is 0 Å². The number of alkyl halides is 2. The third-order valence-electron chi connectivity index (χ3n) is 1.34. The highest BCUT2D eigenvalue weighted by Gasteiger charge is 2.10. The predicted molar refractivity (Wildman–Crippen MR) is 56.9 cm³/mol. The Morgan fingerprint density at radius 1 is 1.00 bits per heavy atom. The average molecular weight is 257 g/mol. The van der Waals surface area contributed by atoms with Crippen molar-refractivity contribution in [1.82, 2.24) is 0 Å². The minimum Gasteiger partial charge on any atom is -0.428 e. The van der Waals surface area contributed by atoms with Crippen LogP contribution in [-0.2, 0) is 19.1 Å². The third-order valence-corrected chi connectivity index (χ3v) is 1.64. The lowest BCUT2D eigenvalue weighted by Gasteiger charge is -2.07. The maximum atomic E-state index is 10.9. The summed E-state index contributed by atoms with van der Waals surface area (Å²) in [6.07, 6.45) is 0.177. The molecule has 2 unspecified atom stereocenters. The van der Waals surface area contributed by atoms with Crippen LogP contribution in [0.5, 0.6) is 0 Å². The van der Waals surface area contributed by atoms with Crippen molar-refractivity contribution in [2.75, 3.05) is 6.79 Å². The molecule has 0 radical (unpaired) electrons. The number of hydrogen-bond acceptors (Lipinski definition) is 4. The van der Waals surface area contributed by atoms with Crippen LogP contribution < -0.4 is 0 Å². The number of carbonyl (C=O) groups is 2. The van der Waals surface area contributed by atoms with Crippen molar-refractivity contribution >= 4 is 35.1 Å². The zero-order chi connectivity index (χ0) is 11.8. The Hall–Kier alpha value is -0.480. The molecule has 0 saturated heterocycles. The molecule has 0 aliphatic rings. The van der Waals surface area contributed by atoms with Crippen LogP contribution in [0.25, 0.3) is 0 Å². The molecule has 0 aromatic heterocycles. The number of rotatable bonds is 6. The molecule has 0 amide bonds. The molecule has 0 aromatic rings. The molecular formula is C9H14Cl2O4. The van der Waals surface area contributed by atoms with E-state index in [0.29, 0.717) is 0 Å². The minimum absolute atomic E-state index is 0.0883. The predicted octanol–water partition coefficient (Wildman–Crippen LogP) is 2.07. The average Bonchev–Trinajstić information content (AvgIpc) is 2.00. The van der Waals surface area contributed by atoms with E-state index in [-0.39, 0.29) is 30.4 Å². The van der Waals surface area contributed by atoms with Gasteiger partial charge in [0.05, 0.1) is 12.8 Å². The van der Waals surface area contributed by atoms with Gasteiger partial charge in [-0.25, -0.2) is 0 Å². The summed E-state index contributed by atoms with van der Waals surface area (Å²) in [4.78, 5) is 21.9. The molecule has 6 heteroatoms. The van der Waals surface area contributed by atoms with Gasteiger partial charge in [0.25, 0.3) is 0 Å². The van der Waals surface area contributed by atoms with Gasteiger partial charge in [-0.3, -0.25) is 9.59 Å². The highest BCUT2D eigenvalue weighted by molar-refractivity contribution is 6.21. The van der Waals surface area contributed by atoms with E-state index in [4.69, 9.17) is 23.2 Å². The van der Waals surface area contributed by atoms with Gasteiger partial charge in [-0.2, -0.15) is 0 Å². The van der Waals surface area contributed by atoms with E-state index in [1.54, 1.807) is 13.8 Å². The Morgan fingerprint density at radius 3 is 1.60 bits per heavy atom. The lowest BCUT2D eigenvalue weighted by atomic mass is 10.3. The first-order valence-electron chi connectivity index (χ1n) is 4.51. The van der Waals surface area contributed by atoms with E-state index in [0.717, 1.165) is 0 Å². The monoisotopic (exact) mass is 256 g/mol. The Morgan fingerprint density at radius 2 is 1.33 bits per heavy atom. The fourth-order valence-corrected chi connectivity index (χ4v) is 0.990. The first kappa shape index (κ1) is 14.5. The quantitative estimate of drug-likeness (QED) is 0.415. The summed E-state index contributed by atoms with van der Waals surface area (Å²) >= 11 is 11.1. The second kappa shape index (κ2) is 7.77. The maximum absolute atomic E-state index is 10.9. The third kappa shape index (κ3) is 9.82. The van der Waals surface area contributed by atoms with E-state index < -0.39 is 11.9 Å². The van der Waals surface area contributed by atoms with Crippen LogP contribution in [-0.4, -0.2) is 29.5 Å².